The van der Waals surface area contributed by atoms with Gasteiger partial charge in [-0.1, -0.05) is 5.57 Å². The molecular formula is C13H15FO. The van der Waals surface area contributed by atoms with E-state index in [-0.39, 0.29) is 11.6 Å². The topological polar surface area (TPSA) is 17.1 Å². The summed E-state index contributed by atoms with van der Waals surface area (Å²) >= 11 is 0. The van der Waals surface area contributed by atoms with E-state index in [1.807, 2.05) is 6.92 Å². The molecule has 0 saturated carbocycles. The Balaban J connectivity index is 2.77. The largest absolute Gasteiger partial charge is 0.294 e. The fraction of sp³-hybridized carbons (Fsp3) is 0.308. The highest BCUT2D eigenvalue weighted by Crippen LogP contribution is 2.12. The van der Waals surface area contributed by atoms with Crippen molar-refractivity contribution in [3.63, 3.8) is 0 Å². The number of benzene rings is 1. The molecule has 2 heteroatoms. The highest BCUT2D eigenvalue weighted by molar-refractivity contribution is 5.96. The minimum Gasteiger partial charge on any atom is -0.294 e. The zero-order valence-corrected chi connectivity index (χ0v) is 9.14. The van der Waals surface area contributed by atoms with E-state index in [1.54, 1.807) is 13.0 Å². The summed E-state index contributed by atoms with van der Waals surface area (Å²) in [5, 5.41) is 0. The smallest absolute Gasteiger partial charge is 0.163 e. The van der Waals surface area contributed by atoms with Crippen molar-refractivity contribution in [1.82, 2.24) is 0 Å². The number of Topliss-reactive ketones (excluding diaryl/α,β-unsaturated/α-hetero) is 1. The molecule has 0 unspecified atom stereocenters. The molecule has 0 amide bonds. The average Bonchev–Trinajstić information content (AvgIpc) is 2.12. The Morgan fingerprint density at radius 1 is 1.33 bits per heavy atom. The fourth-order valence-corrected chi connectivity index (χ4v) is 1.37. The molecule has 80 valence electrons. The van der Waals surface area contributed by atoms with Crippen molar-refractivity contribution >= 4 is 5.78 Å². The highest BCUT2D eigenvalue weighted by atomic mass is 19.1. The summed E-state index contributed by atoms with van der Waals surface area (Å²) < 4.78 is 13.0. The second kappa shape index (κ2) is 4.87. The monoisotopic (exact) mass is 206 g/mol. The molecule has 1 nitrogen and oxygen atoms in total. The van der Waals surface area contributed by atoms with Crippen LogP contribution < -0.4 is 0 Å². The number of aryl methyl sites for hydroxylation is 1. The molecule has 0 aliphatic heterocycles. The first-order valence-corrected chi connectivity index (χ1v) is 4.94. The van der Waals surface area contributed by atoms with Gasteiger partial charge in [-0.25, -0.2) is 4.39 Å². The molecule has 0 spiro atoms. The number of hydrogen-bond acceptors (Lipinski definition) is 1. The molecule has 15 heavy (non-hydrogen) atoms. The van der Waals surface area contributed by atoms with Crippen molar-refractivity contribution in [1.29, 1.82) is 0 Å². The van der Waals surface area contributed by atoms with E-state index in [2.05, 4.69) is 6.58 Å². The van der Waals surface area contributed by atoms with Crippen LogP contribution >= 0.6 is 0 Å². The van der Waals surface area contributed by atoms with Crippen LogP contribution in [0.4, 0.5) is 4.39 Å². The second-order valence-electron chi connectivity index (χ2n) is 3.90. The van der Waals surface area contributed by atoms with E-state index in [0.29, 0.717) is 18.4 Å². The van der Waals surface area contributed by atoms with Crippen LogP contribution in [-0.2, 0) is 0 Å². The predicted molar refractivity (Wildman–Crippen MR) is 59.5 cm³/mol. The zero-order valence-electron chi connectivity index (χ0n) is 9.14. The van der Waals surface area contributed by atoms with Gasteiger partial charge in [-0.15, -0.1) is 6.58 Å². The second-order valence-corrected chi connectivity index (χ2v) is 3.90. The lowest BCUT2D eigenvalue weighted by atomic mass is 10.0. The number of carbonyl (C=O) groups is 1. The maximum absolute atomic E-state index is 13.0. The molecule has 1 aromatic carbocycles. The summed E-state index contributed by atoms with van der Waals surface area (Å²) in [5.41, 5.74) is 2.19. The van der Waals surface area contributed by atoms with Gasteiger partial charge in [0.25, 0.3) is 0 Å². The van der Waals surface area contributed by atoms with Crippen molar-refractivity contribution < 1.29 is 9.18 Å². The van der Waals surface area contributed by atoms with E-state index in [1.165, 1.54) is 12.1 Å². The first-order chi connectivity index (χ1) is 6.99. The number of carbonyl (C=O) groups excluding carboxylic acids is 1. The van der Waals surface area contributed by atoms with Crippen LogP contribution in [0.2, 0.25) is 0 Å². The molecule has 0 fully saturated rings. The van der Waals surface area contributed by atoms with Gasteiger partial charge in [0.2, 0.25) is 0 Å². The molecule has 0 N–H and O–H groups in total. The van der Waals surface area contributed by atoms with Gasteiger partial charge in [0.05, 0.1) is 0 Å². The summed E-state index contributed by atoms with van der Waals surface area (Å²) in [6.45, 7) is 7.39. The van der Waals surface area contributed by atoms with Crippen LogP contribution in [0.25, 0.3) is 0 Å². The SMILES string of the molecule is C=C(C)CCC(=O)c1cc(C)cc(F)c1. The molecular weight excluding hydrogens is 191 g/mol. The molecule has 0 aliphatic carbocycles. The van der Waals surface area contributed by atoms with Gasteiger partial charge in [0.15, 0.2) is 5.78 Å². The Morgan fingerprint density at radius 3 is 2.53 bits per heavy atom. The molecule has 1 aromatic rings. The highest BCUT2D eigenvalue weighted by Gasteiger charge is 2.07. The third kappa shape index (κ3) is 3.66. The third-order valence-electron chi connectivity index (χ3n) is 2.14. The van der Waals surface area contributed by atoms with Crippen molar-refractivity contribution in [2.45, 2.75) is 26.7 Å². The molecule has 0 atom stereocenters. The van der Waals surface area contributed by atoms with Crippen molar-refractivity contribution in [3.8, 4) is 0 Å². The van der Waals surface area contributed by atoms with Crippen molar-refractivity contribution in [2.24, 2.45) is 0 Å². The summed E-state index contributed by atoms with van der Waals surface area (Å²) in [7, 11) is 0. The average molecular weight is 206 g/mol. The normalized spacial score (nSPS) is 10.1. The fourth-order valence-electron chi connectivity index (χ4n) is 1.37. The number of rotatable bonds is 4. The van der Waals surface area contributed by atoms with Gasteiger partial charge < -0.3 is 0 Å². The van der Waals surface area contributed by atoms with Gasteiger partial charge in [0, 0.05) is 12.0 Å². The van der Waals surface area contributed by atoms with Gasteiger partial charge in [-0.05, 0) is 44.0 Å². The van der Waals surface area contributed by atoms with Crippen LogP contribution in [-0.4, -0.2) is 5.78 Å². The zero-order chi connectivity index (χ0) is 11.4. The summed E-state index contributed by atoms with van der Waals surface area (Å²) in [6, 6.07) is 4.41. The van der Waals surface area contributed by atoms with E-state index >= 15 is 0 Å². The molecule has 0 heterocycles. The van der Waals surface area contributed by atoms with Gasteiger partial charge in [-0.2, -0.15) is 0 Å². The number of ketones is 1. The number of halogens is 1. The van der Waals surface area contributed by atoms with Gasteiger partial charge >= 0.3 is 0 Å². The molecule has 0 radical (unpaired) electrons. The molecule has 0 aliphatic rings. The molecule has 0 bridgehead atoms. The number of hydrogen-bond donors (Lipinski definition) is 0. The minimum atomic E-state index is -0.353. The lowest BCUT2D eigenvalue weighted by Crippen LogP contribution is -2.00. The standard InChI is InChI=1S/C13H15FO/c1-9(2)4-5-13(15)11-6-10(3)7-12(14)8-11/h6-8H,1,4-5H2,2-3H3. The molecule has 1 rings (SSSR count). The maximum Gasteiger partial charge on any atom is 0.163 e. The van der Waals surface area contributed by atoms with Gasteiger partial charge in [-0.3, -0.25) is 4.79 Å². The van der Waals surface area contributed by atoms with Gasteiger partial charge in [0.1, 0.15) is 5.82 Å². The van der Waals surface area contributed by atoms with Crippen LogP contribution in [0.3, 0.4) is 0 Å². The van der Waals surface area contributed by atoms with E-state index < -0.39 is 0 Å². The Morgan fingerprint density at radius 2 is 2.00 bits per heavy atom. The van der Waals surface area contributed by atoms with Crippen molar-refractivity contribution in [3.05, 3.63) is 47.3 Å². The Kier molecular flexibility index (Phi) is 3.78. The third-order valence-corrected chi connectivity index (χ3v) is 2.14. The predicted octanol–water partition coefficient (Wildman–Crippen LogP) is 3.67. The molecule has 0 aromatic heterocycles. The van der Waals surface area contributed by atoms with Crippen LogP contribution in [0.5, 0.6) is 0 Å². The lowest BCUT2D eigenvalue weighted by Gasteiger charge is -2.02. The Hall–Kier alpha value is -1.44. The Bertz CT molecular complexity index is 373. The first-order valence-electron chi connectivity index (χ1n) is 4.94. The summed E-state index contributed by atoms with van der Waals surface area (Å²) in [6.07, 6.45) is 1.06. The Labute approximate surface area is 89.6 Å². The van der Waals surface area contributed by atoms with Crippen LogP contribution in [0, 0.1) is 12.7 Å². The van der Waals surface area contributed by atoms with E-state index in [9.17, 15) is 9.18 Å². The van der Waals surface area contributed by atoms with Crippen molar-refractivity contribution in [2.75, 3.05) is 0 Å². The number of allylic oxidation sites excluding steroid dienone is 1. The quantitative estimate of drug-likeness (QED) is 0.542. The van der Waals surface area contributed by atoms with E-state index in [4.69, 9.17) is 0 Å². The summed E-state index contributed by atoms with van der Waals surface area (Å²) in [5.74, 6) is -0.380. The van der Waals surface area contributed by atoms with Crippen LogP contribution in [0.15, 0.2) is 30.4 Å². The minimum absolute atomic E-state index is 0.0272. The maximum atomic E-state index is 13.0. The molecule has 0 saturated heterocycles. The summed E-state index contributed by atoms with van der Waals surface area (Å²) in [4.78, 5) is 11.6. The first kappa shape index (κ1) is 11.6. The lowest BCUT2D eigenvalue weighted by molar-refractivity contribution is 0.0982. The van der Waals surface area contributed by atoms with E-state index in [0.717, 1.165) is 11.1 Å². The van der Waals surface area contributed by atoms with Crippen LogP contribution in [0.1, 0.15) is 35.7 Å².